The molecule has 1 amide bonds. The highest BCUT2D eigenvalue weighted by Gasteiger charge is 2.38. The zero-order valence-corrected chi connectivity index (χ0v) is 17.8. The van der Waals surface area contributed by atoms with Gasteiger partial charge in [0.05, 0.1) is 6.61 Å². The van der Waals surface area contributed by atoms with Gasteiger partial charge in [0.1, 0.15) is 23.1 Å². The van der Waals surface area contributed by atoms with Crippen LogP contribution in [-0.2, 0) is 16.0 Å². The van der Waals surface area contributed by atoms with Crippen molar-refractivity contribution in [1.82, 2.24) is 9.88 Å². The van der Waals surface area contributed by atoms with Crippen molar-refractivity contribution in [3.8, 4) is 5.75 Å². The first-order valence-corrected chi connectivity index (χ1v) is 10.7. The maximum atomic E-state index is 13.4. The molecule has 7 nitrogen and oxygen atoms in total. The number of rotatable bonds is 5. The van der Waals surface area contributed by atoms with E-state index in [1.54, 1.807) is 19.1 Å². The summed E-state index contributed by atoms with van der Waals surface area (Å²) in [5, 5.41) is 14.3. The number of phenolic OH excluding ortho intramolecular Hbond substituents is 1. The minimum Gasteiger partial charge on any atom is -0.508 e. The number of hydrogen-bond acceptors (Lipinski definition) is 7. The number of halogens is 2. The monoisotopic (exact) mass is 459 g/mol. The van der Waals surface area contributed by atoms with Crippen molar-refractivity contribution in [3.63, 3.8) is 0 Å². The molecule has 0 bridgehead atoms. The van der Waals surface area contributed by atoms with Gasteiger partial charge in [-0.3, -0.25) is 4.79 Å². The number of fused-ring (bicyclic) bond motifs is 1. The van der Waals surface area contributed by atoms with E-state index in [0.717, 1.165) is 35.1 Å². The van der Waals surface area contributed by atoms with Crippen LogP contribution in [-0.4, -0.2) is 40.0 Å². The lowest BCUT2D eigenvalue weighted by Gasteiger charge is -2.35. The average Bonchev–Trinajstić information content (AvgIpc) is 3.20. The zero-order valence-electron chi connectivity index (χ0n) is 17.0. The van der Waals surface area contributed by atoms with Gasteiger partial charge in [-0.2, -0.15) is 0 Å². The normalized spacial score (nSPS) is 15.2. The van der Waals surface area contributed by atoms with Crippen LogP contribution in [0.2, 0.25) is 0 Å². The molecular weight excluding hydrogens is 440 g/mol. The predicted molar refractivity (Wildman–Crippen MR) is 114 cm³/mol. The number of aromatic nitrogens is 1. The minimum absolute atomic E-state index is 0.0788. The van der Waals surface area contributed by atoms with Gasteiger partial charge >= 0.3 is 5.97 Å². The standard InChI is InChI=1S/C22H19F2N3O4S/c1-2-31-21(30)19-17-4-3-16(28)7-12(17)5-6-27(19)20(29)18-11-32-22(26-18)25-15-9-13(23)8-14(24)10-15/h3-4,7-11,19,28H,2,5-6H2,1H3,(H,25,26). The number of thiazole rings is 1. The first kappa shape index (κ1) is 21.7. The van der Waals surface area contributed by atoms with Gasteiger partial charge in [-0.15, -0.1) is 11.3 Å². The highest BCUT2D eigenvalue weighted by molar-refractivity contribution is 7.14. The van der Waals surface area contributed by atoms with Crippen molar-refractivity contribution in [2.75, 3.05) is 18.5 Å². The number of amides is 1. The summed E-state index contributed by atoms with van der Waals surface area (Å²) >= 11 is 1.09. The third kappa shape index (κ3) is 4.40. The molecule has 0 saturated heterocycles. The topological polar surface area (TPSA) is 91.8 Å². The van der Waals surface area contributed by atoms with E-state index in [1.807, 2.05) is 0 Å². The average molecular weight is 459 g/mol. The van der Waals surface area contributed by atoms with Gasteiger partial charge in [-0.05, 0) is 48.7 Å². The molecule has 2 N–H and O–H groups in total. The van der Waals surface area contributed by atoms with Crippen LogP contribution in [0.1, 0.15) is 34.6 Å². The van der Waals surface area contributed by atoms with Crippen LogP contribution in [0.25, 0.3) is 0 Å². The van der Waals surface area contributed by atoms with Crippen molar-refractivity contribution >= 4 is 34.0 Å². The summed E-state index contributed by atoms with van der Waals surface area (Å²) in [6, 6.07) is 6.65. The van der Waals surface area contributed by atoms with E-state index in [2.05, 4.69) is 10.3 Å². The summed E-state index contributed by atoms with van der Waals surface area (Å²) < 4.78 is 32.0. The Labute approximate surface area is 186 Å². The van der Waals surface area contributed by atoms with Gasteiger partial charge in [0.25, 0.3) is 5.91 Å². The molecule has 0 radical (unpaired) electrons. The number of nitrogens with zero attached hydrogens (tertiary/aromatic N) is 2. The Morgan fingerprint density at radius 3 is 2.72 bits per heavy atom. The molecule has 1 aromatic heterocycles. The molecule has 3 aromatic rings. The maximum absolute atomic E-state index is 13.4. The van der Waals surface area contributed by atoms with E-state index < -0.39 is 29.6 Å². The highest BCUT2D eigenvalue weighted by Crippen LogP contribution is 2.34. The Morgan fingerprint density at radius 2 is 2.00 bits per heavy atom. The third-order valence-corrected chi connectivity index (χ3v) is 5.72. The molecule has 32 heavy (non-hydrogen) atoms. The van der Waals surface area contributed by atoms with Crippen LogP contribution >= 0.6 is 11.3 Å². The van der Waals surface area contributed by atoms with Gasteiger partial charge in [0.15, 0.2) is 11.2 Å². The van der Waals surface area contributed by atoms with Crippen molar-refractivity contribution in [2.24, 2.45) is 0 Å². The molecular formula is C22H19F2N3O4S. The van der Waals surface area contributed by atoms with Crippen LogP contribution in [0.4, 0.5) is 19.6 Å². The molecule has 166 valence electrons. The van der Waals surface area contributed by atoms with E-state index in [0.29, 0.717) is 12.0 Å². The van der Waals surface area contributed by atoms with Gasteiger partial charge in [0.2, 0.25) is 0 Å². The lowest BCUT2D eigenvalue weighted by molar-refractivity contribution is -0.149. The number of ether oxygens (including phenoxy) is 1. The highest BCUT2D eigenvalue weighted by atomic mass is 32.1. The van der Waals surface area contributed by atoms with Crippen LogP contribution in [0, 0.1) is 11.6 Å². The molecule has 0 fully saturated rings. The zero-order chi connectivity index (χ0) is 22.8. The number of anilines is 2. The lowest BCUT2D eigenvalue weighted by Crippen LogP contribution is -2.44. The van der Waals surface area contributed by atoms with Gasteiger partial charge in [-0.1, -0.05) is 6.07 Å². The van der Waals surface area contributed by atoms with E-state index in [1.165, 1.54) is 16.3 Å². The molecule has 0 aliphatic carbocycles. The van der Waals surface area contributed by atoms with Crippen LogP contribution < -0.4 is 5.32 Å². The number of phenols is 1. The fourth-order valence-electron chi connectivity index (χ4n) is 3.63. The number of aromatic hydroxyl groups is 1. The molecule has 0 spiro atoms. The molecule has 2 aromatic carbocycles. The first-order valence-electron chi connectivity index (χ1n) is 9.83. The first-order chi connectivity index (χ1) is 15.4. The van der Waals surface area contributed by atoms with Crippen molar-refractivity contribution in [2.45, 2.75) is 19.4 Å². The molecule has 10 heteroatoms. The summed E-state index contributed by atoms with van der Waals surface area (Å²) in [6.07, 6.45) is 0.448. The number of nitrogens with one attached hydrogen (secondary N) is 1. The third-order valence-electron chi connectivity index (χ3n) is 4.96. The van der Waals surface area contributed by atoms with Gasteiger partial charge < -0.3 is 20.1 Å². The summed E-state index contributed by atoms with van der Waals surface area (Å²) in [6.45, 7) is 2.06. The fourth-order valence-corrected chi connectivity index (χ4v) is 4.34. The van der Waals surface area contributed by atoms with Crippen LogP contribution in [0.15, 0.2) is 41.8 Å². The van der Waals surface area contributed by atoms with E-state index in [4.69, 9.17) is 4.74 Å². The quantitative estimate of drug-likeness (QED) is 0.557. The van der Waals surface area contributed by atoms with Crippen molar-refractivity contribution in [1.29, 1.82) is 0 Å². The summed E-state index contributed by atoms with van der Waals surface area (Å²) in [7, 11) is 0. The number of carbonyl (C=O) groups excluding carboxylic acids is 2. The molecule has 4 rings (SSSR count). The van der Waals surface area contributed by atoms with Gasteiger partial charge in [0, 0.05) is 23.7 Å². The number of benzene rings is 2. The predicted octanol–water partition coefficient (Wildman–Crippen LogP) is 4.17. The largest absolute Gasteiger partial charge is 0.508 e. The van der Waals surface area contributed by atoms with Crippen molar-refractivity contribution < 1.29 is 28.2 Å². The number of esters is 1. The van der Waals surface area contributed by atoms with Crippen LogP contribution in [0.3, 0.4) is 0 Å². The smallest absolute Gasteiger partial charge is 0.333 e. The molecule has 1 unspecified atom stereocenters. The fraction of sp³-hybridized carbons (Fsp3) is 0.227. The lowest BCUT2D eigenvalue weighted by atomic mass is 9.92. The van der Waals surface area contributed by atoms with E-state index in [9.17, 15) is 23.5 Å². The summed E-state index contributed by atoms with van der Waals surface area (Å²) in [5.41, 5.74) is 1.60. The van der Waals surface area contributed by atoms with Crippen LogP contribution in [0.5, 0.6) is 5.75 Å². The second kappa shape index (κ2) is 8.91. The Balaban J connectivity index is 1.60. The minimum atomic E-state index is -0.970. The summed E-state index contributed by atoms with van der Waals surface area (Å²) in [5.74, 6) is -2.45. The van der Waals surface area contributed by atoms with E-state index in [-0.39, 0.29) is 35.4 Å². The number of hydrogen-bond donors (Lipinski definition) is 2. The van der Waals surface area contributed by atoms with Gasteiger partial charge in [-0.25, -0.2) is 18.6 Å². The molecule has 0 saturated carbocycles. The second-order valence-corrected chi connectivity index (χ2v) is 7.97. The Bertz CT molecular complexity index is 1160. The Morgan fingerprint density at radius 1 is 1.25 bits per heavy atom. The summed E-state index contributed by atoms with van der Waals surface area (Å²) in [4.78, 5) is 31.6. The van der Waals surface area contributed by atoms with Crippen molar-refractivity contribution in [3.05, 3.63) is 70.2 Å². The van der Waals surface area contributed by atoms with E-state index >= 15 is 0 Å². The molecule has 1 aliphatic heterocycles. The maximum Gasteiger partial charge on any atom is 0.333 e. The molecule has 1 aliphatic rings. The number of carbonyl (C=O) groups is 2. The SMILES string of the molecule is CCOC(=O)C1c2ccc(O)cc2CCN1C(=O)c1csc(Nc2cc(F)cc(F)c2)n1. The second-order valence-electron chi connectivity index (χ2n) is 7.11. The Kier molecular flexibility index (Phi) is 6.04. The Hall–Kier alpha value is -3.53. The molecule has 1 atom stereocenters. The molecule has 2 heterocycles.